The zero-order chi connectivity index (χ0) is 18.5. The highest BCUT2D eigenvalue weighted by Gasteiger charge is 2.44. The summed E-state index contributed by atoms with van der Waals surface area (Å²) in [5.41, 5.74) is 3.50. The lowest BCUT2D eigenvalue weighted by atomic mass is 10.0. The molecule has 5 nitrogen and oxygen atoms in total. The van der Waals surface area contributed by atoms with E-state index in [1.807, 2.05) is 23.1 Å². The molecule has 0 bridgehead atoms. The predicted octanol–water partition coefficient (Wildman–Crippen LogP) is 3.00. The van der Waals surface area contributed by atoms with Crippen LogP contribution in [0.4, 0.5) is 10.1 Å². The summed E-state index contributed by atoms with van der Waals surface area (Å²) in [6.07, 6.45) is 0.903. The molecule has 0 saturated carbocycles. The SMILES string of the molecule is O=C1C[C@H](N2CCc3c([nH]c4ccccc34)C2)C(=O)N1c1ccccc1F. The molecule has 3 heterocycles. The van der Waals surface area contributed by atoms with Gasteiger partial charge in [0.1, 0.15) is 5.82 Å². The Bertz CT molecular complexity index is 1070. The van der Waals surface area contributed by atoms with Gasteiger partial charge >= 0.3 is 0 Å². The van der Waals surface area contributed by atoms with Crippen LogP contribution in [-0.4, -0.2) is 34.3 Å². The summed E-state index contributed by atoms with van der Waals surface area (Å²) in [4.78, 5) is 31.9. The average molecular weight is 363 g/mol. The second-order valence-electron chi connectivity index (χ2n) is 7.09. The van der Waals surface area contributed by atoms with Gasteiger partial charge in [-0.15, -0.1) is 0 Å². The third-order valence-electron chi connectivity index (χ3n) is 5.57. The lowest BCUT2D eigenvalue weighted by molar-refractivity contribution is -0.123. The van der Waals surface area contributed by atoms with Crippen molar-refractivity contribution < 1.29 is 14.0 Å². The third kappa shape index (κ3) is 2.48. The van der Waals surface area contributed by atoms with Crippen LogP contribution in [0.5, 0.6) is 0 Å². The fourth-order valence-electron chi connectivity index (χ4n) is 4.27. The van der Waals surface area contributed by atoms with Crippen molar-refractivity contribution in [1.29, 1.82) is 0 Å². The normalized spacial score (nSPS) is 20.5. The van der Waals surface area contributed by atoms with E-state index < -0.39 is 11.9 Å². The molecular weight excluding hydrogens is 345 g/mol. The quantitative estimate of drug-likeness (QED) is 0.712. The monoisotopic (exact) mass is 363 g/mol. The van der Waals surface area contributed by atoms with Crippen molar-refractivity contribution in [3.8, 4) is 0 Å². The lowest BCUT2D eigenvalue weighted by Crippen LogP contribution is -2.44. The van der Waals surface area contributed by atoms with Gasteiger partial charge in [-0.3, -0.25) is 14.5 Å². The standard InChI is InChI=1S/C21H18FN3O2/c22-15-6-2-4-8-18(15)25-20(26)11-19(21(25)27)24-10-9-14-13-5-1-3-7-16(13)23-17(14)12-24/h1-8,19,23H,9-12H2/t19-/m0/s1. The number of H-pyrrole nitrogens is 1. The van der Waals surface area contributed by atoms with E-state index >= 15 is 0 Å². The van der Waals surface area contributed by atoms with Crippen molar-refractivity contribution in [2.24, 2.45) is 0 Å². The Morgan fingerprint density at radius 3 is 2.67 bits per heavy atom. The number of benzene rings is 2. The van der Waals surface area contributed by atoms with E-state index in [2.05, 4.69) is 11.1 Å². The maximum atomic E-state index is 14.1. The van der Waals surface area contributed by atoms with Crippen molar-refractivity contribution in [2.45, 2.75) is 25.4 Å². The van der Waals surface area contributed by atoms with Crippen LogP contribution in [-0.2, 0) is 22.6 Å². The third-order valence-corrected chi connectivity index (χ3v) is 5.57. The van der Waals surface area contributed by atoms with Gasteiger partial charge in [0.25, 0.3) is 5.91 Å². The zero-order valence-corrected chi connectivity index (χ0v) is 14.6. The number of rotatable bonds is 2. The number of hydrogen-bond acceptors (Lipinski definition) is 3. The molecule has 2 aromatic carbocycles. The van der Waals surface area contributed by atoms with Crippen LogP contribution < -0.4 is 4.90 Å². The molecule has 1 N–H and O–H groups in total. The first-order valence-corrected chi connectivity index (χ1v) is 9.07. The van der Waals surface area contributed by atoms with Crippen LogP contribution in [0.25, 0.3) is 10.9 Å². The summed E-state index contributed by atoms with van der Waals surface area (Å²) in [6.45, 7) is 1.28. The summed E-state index contributed by atoms with van der Waals surface area (Å²) in [6, 6.07) is 13.5. The smallest absolute Gasteiger partial charge is 0.251 e. The highest BCUT2D eigenvalue weighted by Crippen LogP contribution is 2.32. The molecule has 2 aliphatic rings. The fourth-order valence-corrected chi connectivity index (χ4v) is 4.27. The topological polar surface area (TPSA) is 56.4 Å². The van der Waals surface area contributed by atoms with Crippen LogP contribution >= 0.6 is 0 Å². The minimum Gasteiger partial charge on any atom is -0.357 e. The molecule has 3 aromatic rings. The van der Waals surface area contributed by atoms with Crippen molar-refractivity contribution in [1.82, 2.24) is 9.88 Å². The summed E-state index contributed by atoms with van der Waals surface area (Å²) in [5.74, 6) is -1.25. The first kappa shape index (κ1) is 16.2. The lowest BCUT2D eigenvalue weighted by Gasteiger charge is -2.30. The van der Waals surface area contributed by atoms with Crippen LogP contribution in [0.1, 0.15) is 17.7 Å². The zero-order valence-electron chi connectivity index (χ0n) is 14.6. The highest BCUT2D eigenvalue weighted by atomic mass is 19.1. The number of amides is 2. The van der Waals surface area contributed by atoms with Gasteiger partial charge < -0.3 is 4.98 Å². The van der Waals surface area contributed by atoms with Gasteiger partial charge in [0, 0.05) is 29.7 Å². The molecular formula is C21H18FN3O2. The van der Waals surface area contributed by atoms with Crippen LogP contribution in [0, 0.1) is 5.82 Å². The number of aromatic nitrogens is 1. The van der Waals surface area contributed by atoms with E-state index in [1.54, 1.807) is 12.1 Å². The molecule has 0 unspecified atom stereocenters. The van der Waals surface area contributed by atoms with Crippen LogP contribution in [0.15, 0.2) is 48.5 Å². The maximum Gasteiger partial charge on any atom is 0.251 e. The van der Waals surface area contributed by atoms with E-state index in [4.69, 9.17) is 0 Å². The number of para-hydroxylation sites is 2. The molecule has 5 rings (SSSR count). The second kappa shape index (κ2) is 6.03. The summed E-state index contributed by atoms with van der Waals surface area (Å²) < 4.78 is 14.1. The highest BCUT2D eigenvalue weighted by molar-refractivity contribution is 6.22. The van der Waals surface area contributed by atoms with Crippen molar-refractivity contribution in [3.05, 3.63) is 65.6 Å². The first-order chi connectivity index (χ1) is 13.1. The molecule has 2 aliphatic heterocycles. The van der Waals surface area contributed by atoms with Gasteiger partial charge in [0.05, 0.1) is 18.2 Å². The molecule has 27 heavy (non-hydrogen) atoms. The van der Waals surface area contributed by atoms with Gasteiger partial charge in [-0.25, -0.2) is 9.29 Å². The largest absolute Gasteiger partial charge is 0.357 e. The van der Waals surface area contributed by atoms with Gasteiger partial charge in [-0.2, -0.15) is 0 Å². The summed E-state index contributed by atoms with van der Waals surface area (Å²) in [5, 5.41) is 1.22. The minimum atomic E-state index is -0.559. The molecule has 1 aromatic heterocycles. The number of hydrogen-bond donors (Lipinski definition) is 1. The Balaban J connectivity index is 1.44. The van der Waals surface area contributed by atoms with E-state index in [9.17, 15) is 14.0 Å². The number of fused-ring (bicyclic) bond motifs is 3. The minimum absolute atomic E-state index is 0.0401. The van der Waals surface area contributed by atoms with Crippen molar-refractivity contribution in [3.63, 3.8) is 0 Å². The average Bonchev–Trinajstić information content (AvgIpc) is 3.19. The first-order valence-electron chi connectivity index (χ1n) is 9.07. The molecule has 2 amide bonds. The van der Waals surface area contributed by atoms with E-state index in [0.717, 1.165) is 22.5 Å². The molecule has 0 radical (unpaired) electrons. The van der Waals surface area contributed by atoms with Crippen molar-refractivity contribution >= 4 is 28.4 Å². The molecule has 1 atom stereocenters. The number of aromatic amines is 1. The molecule has 1 fully saturated rings. The number of nitrogens with one attached hydrogen (secondary N) is 1. The number of imide groups is 1. The van der Waals surface area contributed by atoms with Crippen LogP contribution in [0.2, 0.25) is 0 Å². The molecule has 1 saturated heterocycles. The number of carbonyl (C=O) groups is 2. The summed E-state index contributed by atoms with van der Waals surface area (Å²) in [7, 11) is 0. The van der Waals surface area contributed by atoms with Gasteiger partial charge in [0.2, 0.25) is 5.91 Å². The van der Waals surface area contributed by atoms with E-state index in [0.29, 0.717) is 13.1 Å². The number of halogens is 1. The predicted molar refractivity (Wildman–Crippen MR) is 99.7 cm³/mol. The Labute approximate surface area is 155 Å². The molecule has 6 heteroatoms. The fraction of sp³-hybridized carbons (Fsp3) is 0.238. The van der Waals surface area contributed by atoms with E-state index in [-0.39, 0.29) is 23.9 Å². The Morgan fingerprint density at radius 1 is 1.04 bits per heavy atom. The molecule has 0 aliphatic carbocycles. The number of nitrogens with zero attached hydrogens (tertiary/aromatic N) is 2. The number of anilines is 1. The van der Waals surface area contributed by atoms with Crippen molar-refractivity contribution in [2.75, 3.05) is 11.4 Å². The van der Waals surface area contributed by atoms with Crippen LogP contribution in [0.3, 0.4) is 0 Å². The summed E-state index contributed by atoms with van der Waals surface area (Å²) >= 11 is 0. The van der Waals surface area contributed by atoms with Gasteiger partial charge in [-0.1, -0.05) is 30.3 Å². The van der Waals surface area contributed by atoms with Gasteiger partial charge in [0.15, 0.2) is 0 Å². The Hall–Kier alpha value is -2.99. The second-order valence-corrected chi connectivity index (χ2v) is 7.09. The molecule has 136 valence electrons. The maximum absolute atomic E-state index is 14.1. The van der Waals surface area contributed by atoms with E-state index in [1.165, 1.54) is 23.1 Å². The molecule has 0 spiro atoms. The Morgan fingerprint density at radius 2 is 1.81 bits per heavy atom. The Kier molecular flexibility index (Phi) is 3.62. The number of carbonyl (C=O) groups excluding carboxylic acids is 2. The van der Waals surface area contributed by atoms with Gasteiger partial charge in [-0.05, 0) is 30.2 Å².